The summed E-state index contributed by atoms with van der Waals surface area (Å²) in [5.74, 6) is 1.79. The first-order valence-corrected chi connectivity index (χ1v) is 9.96. The van der Waals surface area contributed by atoms with Crippen LogP contribution in [-0.2, 0) is 20.7 Å². The van der Waals surface area contributed by atoms with Gasteiger partial charge in [0, 0.05) is 24.9 Å². The van der Waals surface area contributed by atoms with Crippen LogP contribution in [0.5, 0.6) is 0 Å². The third-order valence-electron chi connectivity index (χ3n) is 7.27. The number of benzene rings is 1. The Morgan fingerprint density at radius 2 is 1.96 bits per heavy atom. The Morgan fingerprint density at radius 3 is 2.69 bits per heavy atom. The lowest BCUT2D eigenvalue weighted by Gasteiger charge is -2.50. The maximum atomic E-state index is 11.5. The van der Waals surface area contributed by atoms with Gasteiger partial charge in [-0.25, -0.2) is 0 Å². The van der Waals surface area contributed by atoms with Gasteiger partial charge in [0.2, 0.25) is 5.91 Å². The number of esters is 1. The van der Waals surface area contributed by atoms with Crippen molar-refractivity contribution in [2.75, 3.05) is 5.32 Å². The van der Waals surface area contributed by atoms with Crippen LogP contribution >= 0.6 is 0 Å². The zero-order valence-corrected chi connectivity index (χ0v) is 16.0. The standard InChI is InChI=1S/C22H29NO3/c1-13(24)23-16-5-7-17-15(12-16)4-6-19-18(17)10-11-22(3)20(19)8-9-21(22)26-14(2)25/h5,7,12,18-21H,4,6,8-11H2,1-3H3,(H,23,24)/t18-,19-,20+,21+,22+/m1/s1. The van der Waals surface area contributed by atoms with Crippen molar-refractivity contribution in [3.05, 3.63) is 29.3 Å². The number of amides is 1. The van der Waals surface area contributed by atoms with Crippen molar-refractivity contribution in [2.45, 2.75) is 71.3 Å². The average molecular weight is 355 g/mol. The van der Waals surface area contributed by atoms with E-state index in [1.165, 1.54) is 37.3 Å². The number of anilines is 1. The van der Waals surface area contributed by atoms with Gasteiger partial charge in [0.25, 0.3) is 0 Å². The molecule has 0 saturated heterocycles. The van der Waals surface area contributed by atoms with Crippen LogP contribution in [0.15, 0.2) is 18.2 Å². The predicted octanol–water partition coefficient (Wildman–Crippen LogP) is 4.43. The highest BCUT2D eigenvalue weighted by Gasteiger charge is 2.56. The van der Waals surface area contributed by atoms with Gasteiger partial charge in [0.05, 0.1) is 0 Å². The molecule has 0 radical (unpaired) electrons. The Labute approximate surface area is 155 Å². The molecule has 0 heterocycles. The molecule has 3 aliphatic carbocycles. The van der Waals surface area contributed by atoms with E-state index in [2.05, 4.69) is 24.4 Å². The molecule has 0 bridgehead atoms. The van der Waals surface area contributed by atoms with Gasteiger partial charge in [-0.15, -0.1) is 0 Å². The highest BCUT2D eigenvalue weighted by Crippen LogP contribution is 2.61. The molecular formula is C22H29NO3. The molecule has 4 heteroatoms. The second-order valence-corrected chi connectivity index (χ2v) is 8.73. The van der Waals surface area contributed by atoms with Crippen LogP contribution in [-0.4, -0.2) is 18.0 Å². The minimum atomic E-state index is -0.140. The van der Waals surface area contributed by atoms with Crippen LogP contribution in [0, 0.1) is 17.3 Å². The van der Waals surface area contributed by atoms with Crippen molar-refractivity contribution in [1.82, 2.24) is 0 Å². The molecule has 1 aromatic carbocycles. The highest BCUT2D eigenvalue weighted by molar-refractivity contribution is 5.88. The number of aryl methyl sites for hydroxylation is 1. The highest BCUT2D eigenvalue weighted by atomic mass is 16.5. The third kappa shape index (κ3) is 2.83. The van der Waals surface area contributed by atoms with Crippen LogP contribution in [0.4, 0.5) is 5.69 Å². The molecule has 26 heavy (non-hydrogen) atoms. The molecular weight excluding hydrogens is 326 g/mol. The molecule has 0 aromatic heterocycles. The van der Waals surface area contributed by atoms with Gasteiger partial charge in [-0.2, -0.15) is 0 Å². The van der Waals surface area contributed by atoms with Crippen molar-refractivity contribution in [3.63, 3.8) is 0 Å². The summed E-state index contributed by atoms with van der Waals surface area (Å²) < 4.78 is 5.71. The van der Waals surface area contributed by atoms with E-state index in [1.54, 1.807) is 6.92 Å². The minimum Gasteiger partial charge on any atom is -0.462 e. The van der Waals surface area contributed by atoms with Gasteiger partial charge in [-0.1, -0.05) is 13.0 Å². The molecule has 1 N–H and O–H groups in total. The summed E-state index contributed by atoms with van der Waals surface area (Å²) in [6.07, 6.45) is 6.86. The topological polar surface area (TPSA) is 55.4 Å². The van der Waals surface area contributed by atoms with E-state index in [-0.39, 0.29) is 23.4 Å². The average Bonchev–Trinajstić information content (AvgIpc) is 2.90. The van der Waals surface area contributed by atoms with E-state index in [0.29, 0.717) is 17.8 Å². The maximum absolute atomic E-state index is 11.5. The Bertz CT molecular complexity index is 743. The minimum absolute atomic E-state index is 0.0189. The van der Waals surface area contributed by atoms with E-state index in [9.17, 15) is 9.59 Å². The van der Waals surface area contributed by atoms with Gasteiger partial charge in [0.15, 0.2) is 0 Å². The quantitative estimate of drug-likeness (QED) is 0.798. The molecule has 0 aliphatic heterocycles. The largest absolute Gasteiger partial charge is 0.462 e. The van der Waals surface area contributed by atoms with E-state index < -0.39 is 0 Å². The molecule has 2 fully saturated rings. The molecule has 0 spiro atoms. The zero-order valence-electron chi connectivity index (χ0n) is 16.0. The molecule has 4 nitrogen and oxygen atoms in total. The van der Waals surface area contributed by atoms with Gasteiger partial charge >= 0.3 is 5.97 Å². The van der Waals surface area contributed by atoms with Gasteiger partial charge < -0.3 is 10.1 Å². The molecule has 0 unspecified atom stereocenters. The van der Waals surface area contributed by atoms with Crippen LogP contribution in [0.25, 0.3) is 0 Å². The van der Waals surface area contributed by atoms with Crippen LogP contribution in [0.3, 0.4) is 0 Å². The second kappa shape index (κ2) is 6.40. The lowest BCUT2D eigenvalue weighted by atomic mass is 9.55. The number of hydrogen-bond acceptors (Lipinski definition) is 3. The maximum Gasteiger partial charge on any atom is 0.302 e. The molecule has 4 rings (SSSR count). The van der Waals surface area contributed by atoms with Gasteiger partial charge in [-0.3, -0.25) is 9.59 Å². The zero-order chi connectivity index (χ0) is 18.5. The monoisotopic (exact) mass is 355 g/mol. The lowest BCUT2D eigenvalue weighted by molar-refractivity contribution is -0.154. The van der Waals surface area contributed by atoms with Crippen molar-refractivity contribution in [1.29, 1.82) is 0 Å². The molecule has 1 aromatic rings. The van der Waals surface area contributed by atoms with Crippen molar-refractivity contribution >= 4 is 17.6 Å². The number of carbonyl (C=O) groups is 2. The van der Waals surface area contributed by atoms with Crippen LogP contribution < -0.4 is 5.32 Å². The number of ether oxygens (including phenoxy) is 1. The molecule has 5 atom stereocenters. The number of hydrogen-bond donors (Lipinski definition) is 1. The van der Waals surface area contributed by atoms with Crippen molar-refractivity contribution in [2.24, 2.45) is 17.3 Å². The predicted molar refractivity (Wildman–Crippen MR) is 101 cm³/mol. The first-order valence-electron chi connectivity index (χ1n) is 9.96. The summed E-state index contributed by atoms with van der Waals surface area (Å²) in [4.78, 5) is 22.8. The molecule has 140 valence electrons. The second-order valence-electron chi connectivity index (χ2n) is 8.73. The fourth-order valence-corrected chi connectivity index (χ4v) is 6.21. The first kappa shape index (κ1) is 17.6. The smallest absolute Gasteiger partial charge is 0.302 e. The Balaban J connectivity index is 1.58. The van der Waals surface area contributed by atoms with Crippen LogP contribution in [0.2, 0.25) is 0 Å². The summed E-state index contributed by atoms with van der Waals surface area (Å²) in [7, 11) is 0. The van der Waals surface area contributed by atoms with Gasteiger partial charge in [-0.05, 0) is 79.5 Å². The number of rotatable bonds is 2. The van der Waals surface area contributed by atoms with Crippen LogP contribution in [0.1, 0.15) is 69.9 Å². The number of fused-ring (bicyclic) bond motifs is 5. The van der Waals surface area contributed by atoms with E-state index in [0.717, 1.165) is 24.9 Å². The Kier molecular flexibility index (Phi) is 4.32. The fraction of sp³-hybridized carbons (Fsp3) is 0.636. The van der Waals surface area contributed by atoms with E-state index in [4.69, 9.17) is 4.74 Å². The Morgan fingerprint density at radius 1 is 1.15 bits per heavy atom. The summed E-state index contributed by atoms with van der Waals surface area (Å²) >= 11 is 0. The van der Waals surface area contributed by atoms with Crippen molar-refractivity contribution < 1.29 is 14.3 Å². The number of nitrogens with one attached hydrogen (secondary N) is 1. The summed E-state index contributed by atoms with van der Waals surface area (Å²) in [5.41, 5.74) is 3.93. The molecule has 3 aliphatic rings. The summed E-state index contributed by atoms with van der Waals surface area (Å²) in [5, 5.41) is 2.91. The SMILES string of the molecule is CC(=O)Nc1ccc2c(c1)CC[C@@H]1[C@@H]2CC[C@]2(C)[C@@H](OC(C)=O)CC[C@@H]12. The van der Waals surface area contributed by atoms with E-state index in [1.807, 2.05) is 6.07 Å². The molecule has 1 amide bonds. The first-order chi connectivity index (χ1) is 12.4. The number of carbonyl (C=O) groups excluding carboxylic acids is 2. The summed E-state index contributed by atoms with van der Waals surface area (Å²) in [6.45, 7) is 5.44. The van der Waals surface area contributed by atoms with E-state index >= 15 is 0 Å². The Hall–Kier alpha value is -1.84. The lowest BCUT2D eigenvalue weighted by Crippen LogP contribution is -2.45. The normalized spacial score (nSPS) is 35.0. The van der Waals surface area contributed by atoms with Gasteiger partial charge in [0.1, 0.15) is 6.10 Å². The third-order valence-corrected chi connectivity index (χ3v) is 7.27. The fourth-order valence-electron chi connectivity index (χ4n) is 6.21. The van der Waals surface area contributed by atoms with Crippen molar-refractivity contribution in [3.8, 4) is 0 Å². The molecule has 2 saturated carbocycles. The summed E-state index contributed by atoms with van der Waals surface area (Å²) in [6, 6.07) is 6.45.